The molecular formula is C14H23N3O. The van der Waals surface area contributed by atoms with E-state index in [1.54, 1.807) is 7.11 Å². The van der Waals surface area contributed by atoms with E-state index in [2.05, 4.69) is 29.8 Å². The van der Waals surface area contributed by atoms with Crippen LogP contribution in [0.2, 0.25) is 0 Å². The lowest BCUT2D eigenvalue weighted by Crippen LogP contribution is -2.51. The van der Waals surface area contributed by atoms with Gasteiger partial charge >= 0.3 is 0 Å². The maximum absolute atomic E-state index is 6.17. The number of methoxy groups -OCH3 is 1. The minimum absolute atomic E-state index is 0.601. The van der Waals surface area contributed by atoms with E-state index in [-0.39, 0.29) is 0 Å². The summed E-state index contributed by atoms with van der Waals surface area (Å²) in [6, 6.07) is 6.59. The zero-order valence-corrected chi connectivity index (χ0v) is 11.5. The van der Waals surface area contributed by atoms with Crippen LogP contribution in [0.5, 0.6) is 5.75 Å². The lowest BCUT2D eigenvalue weighted by atomic mass is 10.1. The second kappa shape index (κ2) is 5.48. The van der Waals surface area contributed by atoms with Crippen LogP contribution < -0.4 is 15.4 Å². The molecule has 1 heterocycles. The Morgan fingerprint density at radius 3 is 2.83 bits per heavy atom. The summed E-state index contributed by atoms with van der Waals surface area (Å²) < 4.78 is 5.29. The minimum atomic E-state index is 0.601. The summed E-state index contributed by atoms with van der Waals surface area (Å²) in [5.74, 6) is 0.763. The molecule has 1 fully saturated rings. The number of likely N-dealkylation sites (N-methyl/N-ethyl adjacent to an activating group) is 1. The molecule has 0 saturated carbocycles. The first kappa shape index (κ1) is 13.0. The number of piperazine rings is 1. The van der Waals surface area contributed by atoms with Gasteiger partial charge in [0.15, 0.2) is 0 Å². The third-order valence-corrected chi connectivity index (χ3v) is 3.85. The SMILES string of the molecule is CCC1CN(c2cccc(OC)c2N)CCN1C. The highest BCUT2D eigenvalue weighted by molar-refractivity contribution is 5.74. The quantitative estimate of drug-likeness (QED) is 0.830. The summed E-state index contributed by atoms with van der Waals surface area (Å²) in [4.78, 5) is 4.79. The van der Waals surface area contributed by atoms with E-state index in [9.17, 15) is 0 Å². The molecule has 1 aliphatic rings. The summed E-state index contributed by atoms with van der Waals surface area (Å²) >= 11 is 0. The van der Waals surface area contributed by atoms with Crippen LogP contribution >= 0.6 is 0 Å². The molecule has 1 aliphatic heterocycles. The van der Waals surface area contributed by atoms with Crippen molar-refractivity contribution in [3.05, 3.63) is 18.2 Å². The first-order valence-electron chi connectivity index (χ1n) is 6.55. The van der Waals surface area contributed by atoms with Crippen molar-refractivity contribution < 1.29 is 4.74 Å². The van der Waals surface area contributed by atoms with Crippen molar-refractivity contribution in [1.29, 1.82) is 0 Å². The molecule has 0 radical (unpaired) electrons. The molecule has 18 heavy (non-hydrogen) atoms. The molecule has 1 saturated heterocycles. The van der Waals surface area contributed by atoms with Crippen LogP contribution in [0, 0.1) is 0 Å². The van der Waals surface area contributed by atoms with Gasteiger partial charge in [-0.1, -0.05) is 13.0 Å². The fourth-order valence-electron chi connectivity index (χ4n) is 2.59. The second-order valence-corrected chi connectivity index (χ2v) is 4.88. The monoisotopic (exact) mass is 249 g/mol. The van der Waals surface area contributed by atoms with Crippen molar-refractivity contribution >= 4 is 11.4 Å². The molecule has 2 N–H and O–H groups in total. The van der Waals surface area contributed by atoms with Gasteiger partial charge in [-0.3, -0.25) is 4.90 Å². The van der Waals surface area contributed by atoms with E-state index in [0.29, 0.717) is 6.04 Å². The van der Waals surface area contributed by atoms with E-state index < -0.39 is 0 Å². The van der Waals surface area contributed by atoms with Gasteiger partial charge in [-0.05, 0) is 25.6 Å². The fraction of sp³-hybridized carbons (Fsp3) is 0.571. The van der Waals surface area contributed by atoms with Crippen molar-refractivity contribution in [3.8, 4) is 5.75 Å². The molecule has 0 aromatic heterocycles. The van der Waals surface area contributed by atoms with Crippen LogP contribution in [0.25, 0.3) is 0 Å². The first-order valence-corrected chi connectivity index (χ1v) is 6.55. The van der Waals surface area contributed by atoms with Gasteiger partial charge in [-0.15, -0.1) is 0 Å². The van der Waals surface area contributed by atoms with Crippen LogP contribution in [0.3, 0.4) is 0 Å². The van der Waals surface area contributed by atoms with Gasteiger partial charge in [-0.2, -0.15) is 0 Å². The van der Waals surface area contributed by atoms with Crippen LogP contribution in [-0.4, -0.2) is 44.7 Å². The van der Waals surface area contributed by atoms with Gasteiger partial charge < -0.3 is 15.4 Å². The molecule has 1 aromatic rings. The van der Waals surface area contributed by atoms with Crippen molar-refractivity contribution in [2.24, 2.45) is 0 Å². The third-order valence-electron chi connectivity index (χ3n) is 3.85. The second-order valence-electron chi connectivity index (χ2n) is 4.88. The number of nitrogens with two attached hydrogens (primary N) is 1. The van der Waals surface area contributed by atoms with Gasteiger partial charge in [0.2, 0.25) is 0 Å². The summed E-state index contributed by atoms with van der Waals surface area (Å²) in [6.07, 6.45) is 1.16. The Bertz CT molecular complexity index is 408. The van der Waals surface area contributed by atoms with Crippen molar-refractivity contribution in [2.75, 3.05) is 44.4 Å². The van der Waals surface area contributed by atoms with Crippen molar-refractivity contribution in [2.45, 2.75) is 19.4 Å². The summed E-state index contributed by atoms with van der Waals surface area (Å²) in [7, 11) is 3.86. The molecule has 0 spiro atoms. The van der Waals surface area contributed by atoms with E-state index in [4.69, 9.17) is 10.5 Å². The number of nitrogen functional groups attached to an aromatic ring is 1. The van der Waals surface area contributed by atoms with Crippen LogP contribution in [0.1, 0.15) is 13.3 Å². The standard InChI is InChI=1S/C14H23N3O/c1-4-11-10-17(9-8-16(11)2)12-6-5-7-13(18-3)14(12)15/h5-7,11H,4,8-10,15H2,1-3H3. The average Bonchev–Trinajstić information content (AvgIpc) is 2.40. The van der Waals surface area contributed by atoms with Crippen LogP contribution in [0.4, 0.5) is 11.4 Å². The van der Waals surface area contributed by atoms with Gasteiger partial charge in [0.25, 0.3) is 0 Å². The third kappa shape index (κ3) is 2.38. The lowest BCUT2D eigenvalue weighted by molar-refractivity contribution is 0.213. The molecular weight excluding hydrogens is 226 g/mol. The summed E-state index contributed by atoms with van der Waals surface area (Å²) in [5, 5.41) is 0. The average molecular weight is 249 g/mol. The molecule has 0 aliphatic carbocycles. The maximum Gasteiger partial charge on any atom is 0.143 e. The highest BCUT2D eigenvalue weighted by Gasteiger charge is 2.24. The summed E-state index contributed by atoms with van der Waals surface area (Å²) in [6.45, 7) is 5.36. The summed E-state index contributed by atoms with van der Waals surface area (Å²) in [5.41, 5.74) is 8.01. The molecule has 4 nitrogen and oxygen atoms in total. The smallest absolute Gasteiger partial charge is 0.143 e. The molecule has 0 amide bonds. The van der Waals surface area contributed by atoms with Gasteiger partial charge in [0.1, 0.15) is 5.75 Å². The number of rotatable bonds is 3. The van der Waals surface area contributed by atoms with Gasteiger partial charge in [0, 0.05) is 25.7 Å². The highest BCUT2D eigenvalue weighted by Crippen LogP contribution is 2.33. The van der Waals surface area contributed by atoms with E-state index in [1.807, 2.05) is 12.1 Å². The topological polar surface area (TPSA) is 41.7 Å². The molecule has 4 heteroatoms. The molecule has 2 rings (SSSR count). The predicted octanol–water partition coefficient (Wildman–Crippen LogP) is 1.81. The number of hydrogen-bond acceptors (Lipinski definition) is 4. The zero-order valence-electron chi connectivity index (χ0n) is 11.5. The molecule has 0 bridgehead atoms. The Hall–Kier alpha value is -1.42. The largest absolute Gasteiger partial charge is 0.495 e. The molecule has 100 valence electrons. The Balaban J connectivity index is 2.21. The Labute approximate surface area is 109 Å². The number of benzene rings is 1. The Morgan fingerprint density at radius 1 is 1.39 bits per heavy atom. The van der Waals surface area contributed by atoms with E-state index in [1.165, 1.54) is 0 Å². The van der Waals surface area contributed by atoms with Gasteiger partial charge in [-0.25, -0.2) is 0 Å². The van der Waals surface area contributed by atoms with Crippen molar-refractivity contribution in [3.63, 3.8) is 0 Å². The number of para-hydroxylation sites is 1. The Kier molecular flexibility index (Phi) is 3.97. The van der Waals surface area contributed by atoms with Crippen molar-refractivity contribution in [1.82, 2.24) is 4.90 Å². The maximum atomic E-state index is 6.17. The number of anilines is 2. The van der Waals surface area contributed by atoms with E-state index >= 15 is 0 Å². The number of ether oxygens (including phenoxy) is 1. The lowest BCUT2D eigenvalue weighted by Gasteiger charge is -2.40. The minimum Gasteiger partial charge on any atom is -0.495 e. The fourth-order valence-corrected chi connectivity index (χ4v) is 2.59. The molecule has 1 unspecified atom stereocenters. The Morgan fingerprint density at radius 2 is 2.17 bits per heavy atom. The first-order chi connectivity index (χ1) is 8.67. The molecule has 1 atom stereocenters. The molecule has 1 aromatic carbocycles. The van der Waals surface area contributed by atoms with Crippen LogP contribution in [0.15, 0.2) is 18.2 Å². The van der Waals surface area contributed by atoms with E-state index in [0.717, 1.165) is 43.2 Å². The number of nitrogens with zero attached hydrogens (tertiary/aromatic N) is 2. The van der Waals surface area contributed by atoms with Gasteiger partial charge in [0.05, 0.1) is 18.5 Å². The number of hydrogen-bond donors (Lipinski definition) is 1. The predicted molar refractivity (Wildman–Crippen MR) is 76.3 cm³/mol. The highest BCUT2D eigenvalue weighted by atomic mass is 16.5. The van der Waals surface area contributed by atoms with Crippen LogP contribution in [-0.2, 0) is 0 Å². The normalized spacial score (nSPS) is 21.1. The zero-order chi connectivity index (χ0) is 13.1.